The minimum atomic E-state index is -1.37. The van der Waals surface area contributed by atoms with Crippen LogP contribution in [0.3, 0.4) is 0 Å². The van der Waals surface area contributed by atoms with Crippen LogP contribution in [0.2, 0.25) is 0 Å². The summed E-state index contributed by atoms with van der Waals surface area (Å²) in [7, 11) is 0. The maximum atomic E-state index is 10.9. The monoisotopic (exact) mass is 226 g/mol. The van der Waals surface area contributed by atoms with Crippen LogP contribution in [0, 0.1) is 11.3 Å². The van der Waals surface area contributed by atoms with E-state index in [1.807, 2.05) is 0 Å². The molecule has 0 saturated heterocycles. The van der Waals surface area contributed by atoms with Gasteiger partial charge < -0.3 is 19.8 Å². The fourth-order valence-corrected chi connectivity index (χ4v) is 2.42. The van der Waals surface area contributed by atoms with Gasteiger partial charge in [-0.3, -0.25) is 0 Å². The summed E-state index contributed by atoms with van der Waals surface area (Å²) in [6.45, 7) is 0. The molecule has 4 nitrogen and oxygen atoms in total. The van der Waals surface area contributed by atoms with Gasteiger partial charge in [-0.1, -0.05) is 6.08 Å². The summed E-state index contributed by atoms with van der Waals surface area (Å²) in [4.78, 5) is 21.5. The molecule has 2 bridgehead atoms. The summed E-state index contributed by atoms with van der Waals surface area (Å²) in [5, 5.41) is 21.5. The number of aliphatic carboxylic acids is 2. The number of carboxylic acid groups (broad SMARTS) is 2. The number of allylic oxidation sites excluding steroid dienone is 1. The van der Waals surface area contributed by atoms with Crippen LogP contribution in [-0.2, 0) is 9.59 Å². The van der Waals surface area contributed by atoms with E-state index in [0.717, 1.165) is 6.42 Å². The number of hydrogen-bond donors (Lipinski definition) is 0. The zero-order valence-corrected chi connectivity index (χ0v) is 12.9. The number of carbonyl (C=O) groups is 2. The quantitative estimate of drug-likeness (QED) is 0.438. The van der Waals surface area contributed by atoms with E-state index in [1.165, 1.54) is 6.08 Å². The first-order valence-electron chi connectivity index (χ1n) is 4.21. The Balaban J connectivity index is 0.000000980. The Morgan fingerprint density at radius 2 is 1.93 bits per heavy atom. The smallest absolute Gasteiger partial charge is 0.549 e. The first-order chi connectivity index (χ1) is 6.06. The minimum Gasteiger partial charge on any atom is -0.549 e. The molecule has 0 aromatic heterocycles. The van der Waals surface area contributed by atoms with Crippen molar-refractivity contribution in [1.82, 2.24) is 0 Å². The van der Waals surface area contributed by atoms with Crippen LogP contribution in [0.1, 0.15) is 19.3 Å². The Morgan fingerprint density at radius 3 is 2.27 bits per heavy atom. The van der Waals surface area contributed by atoms with Crippen LogP contribution in [0.4, 0.5) is 0 Å². The molecule has 2 rings (SSSR count). The average molecular weight is 226 g/mol. The Kier molecular flexibility index (Phi) is 5.58. The van der Waals surface area contributed by atoms with Gasteiger partial charge in [-0.25, -0.2) is 0 Å². The normalized spacial score (nSPS) is 31.2. The Hall–Kier alpha value is 0.680. The van der Waals surface area contributed by atoms with E-state index in [9.17, 15) is 19.8 Å². The van der Waals surface area contributed by atoms with Crippen molar-refractivity contribution in [2.45, 2.75) is 19.3 Å². The molecular formula is C9H8Na2O4. The summed E-state index contributed by atoms with van der Waals surface area (Å²) < 4.78 is 0. The second-order valence-electron chi connectivity index (χ2n) is 3.74. The topological polar surface area (TPSA) is 80.3 Å². The molecule has 15 heavy (non-hydrogen) atoms. The number of carbonyl (C=O) groups excluding carboxylic acids is 2. The average Bonchev–Trinajstić information content (AvgIpc) is 2.60. The Bertz CT molecular complexity index is 326. The van der Waals surface area contributed by atoms with Crippen molar-refractivity contribution >= 4 is 11.9 Å². The van der Waals surface area contributed by atoms with Crippen molar-refractivity contribution < 1.29 is 78.9 Å². The summed E-state index contributed by atoms with van der Waals surface area (Å²) in [6, 6.07) is 0. The van der Waals surface area contributed by atoms with Gasteiger partial charge in [0.05, 0.1) is 11.9 Å². The van der Waals surface area contributed by atoms with Crippen molar-refractivity contribution in [1.29, 1.82) is 0 Å². The molecule has 2 unspecified atom stereocenters. The van der Waals surface area contributed by atoms with E-state index >= 15 is 0 Å². The third-order valence-electron chi connectivity index (χ3n) is 3.08. The third-order valence-corrected chi connectivity index (χ3v) is 3.08. The van der Waals surface area contributed by atoms with Gasteiger partial charge in [0.25, 0.3) is 0 Å². The van der Waals surface area contributed by atoms with E-state index in [-0.39, 0.29) is 70.6 Å². The minimum absolute atomic E-state index is 0. The maximum Gasteiger partial charge on any atom is 1.00 e. The summed E-state index contributed by atoms with van der Waals surface area (Å²) in [6.07, 6.45) is 3.00. The molecule has 2 aliphatic carbocycles. The fourth-order valence-electron chi connectivity index (χ4n) is 2.42. The standard InChI is InChI=1S/C9H10O4.2Na/c10-7(11)6-3-5-1-2-9(6,4-5)8(12)13;;/h3,5H,1-2,4H2,(H,10,11)(H,12,13);;/q;2*+1/p-2. The van der Waals surface area contributed by atoms with Gasteiger partial charge in [-0.05, 0) is 30.8 Å². The number of rotatable bonds is 2. The maximum absolute atomic E-state index is 10.9. The van der Waals surface area contributed by atoms with Gasteiger partial charge in [0.2, 0.25) is 0 Å². The van der Waals surface area contributed by atoms with Crippen LogP contribution in [-0.4, -0.2) is 11.9 Å². The van der Waals surface area contributed by atoms with Crippen molar-refractivity contribution in [2.75, 3.05) is 0 Å². The molecule has 0 aromatic rings. The zero-order chi connectivity index (χ0) is 9.64. The third kappa shape index (κ3) is 2.35. The van der Waals surface area contributed by atoms with Crippen LogP contribution >= 0.6 is 0 Å². The molecule has 1 fully saturated rings. The van der Waals surface area contributed by atoms with E-state index in [2.05, 4.69) is 0 Å². The molecule has 2 atom stereocenters. The second-order valence-corrected chi connectivity index (χ2v) is 3.74. The van der Waals surface area contributed by atoms with Gasteiger partial charge in [0.15, 0.2) is 0 Å². The van der Waals surface area contributed by atoms with E-state index < -0.39 is 17.4 Å². The first kappa shape index (κ1) is 15.7. The molecule has 0 N–H and O–H groups in total. The molecule has 70 valence electrons. The molecule has 0 spiro atoms. The molecule has 2 aliphatic rings. The SMILES string of the molecule is O=C([O-])C1=CC2CCC1(C(=O)[O-])C2.[Na+].[Na+]. The van der Waals surface area contributed by atoms with Gasteiger partial charge >= 0.3 is 59.1 Å². The van der Waals surface area contributed by atoms with Crippen molar-refractivity contribution in [3.63, 3.8) is 0 Å². The molecule has 0 aliphatic heterocycles. The molecule has 0 aromatic carbocycles. The summed E-state index contributed by atoms with van der Waals surface area (Å²) in [5.41, 5.74) is -1.33. The van der Waals surface area contributed by atoms with Crippen LogP contribution in [0.25, 0.3) is 0 Å². The molecule has 0 amide bonds. The Labute approximate surface area is 132 Å². The second kappa shape index (κ2) is 5.34. The molecule has 1 saturated carbocycles. The molecular weight excluding hydrogens is 218 g/mol. The fraction of sp³-hybridized carbons (Fsp3) is 0.556. The number of hydrogen-bond acceptors (Lipinski definition) is 4. The first-order valence-corrected chi connectivity index (χ1v) is 4.21. The molecule has 0 radical (unpaired) electrons. The van der Waals surface area contributed by atoms with Crippen LogP contribution < -0.4 is 69.3 Å². The van der Waals surface area contributed by atoms with Crippen LogP contribution in [0.15, 0.2) is 11.6 Å². The summed E-state index contributed by atoms with van der Waals surface area (Å²) >= 11 is 0. The predicted molar refractivity (Wildman–Crippen MR) is 37.9 cm³/mol. The van der Waals surface area contributed by atoms with Crippen molar-refractivity contribution in [2.24, 2.45) is 11.3 Å². The van der Waals surface area contributed by atoms with Crippen molar-refractivity contribution in [3.05, 3.63) is 11.6 Å². The number of fused-ring (bicyclic) bond motifs is 2. The Morgan fingerprint density at radius 1 is 1.33 bits per heavy atom. The van der Waals surface area contributed by atoms with E-state index in [1.54, 1.807) is 0 Å². The molecule has 0 heterocycles. The molecule has 6 heteroatoms. The van der Waals surface area contributed by atoms with Gasteiger partial charge in [0.1, 0.15) is 0 Å². The van der Waals surface area contributed by atoms with E-state index in [0.29, 0.717) is 12.8 Å². The summed E-state index contributed by atoms with van der Waals surface area (Å²) in [5.74, 6) is -2.56. The van der Waals surface area contributed by atoms with Gasteiger partial charge in [0, 0.05) is 5.41 Å². The van der Waals surface area contributed by atoms with Gasteiger partial charge in [-0.2, -0.15) is 0 Å². The predicted octanol–water partition coefficient (Wildman–Crippen LogP) is -7.78. The van der Waals surface area contributed by atoms with Gasteiger partial charge in [-0.15, -0.1) is 0 Å². The number of carboxylic acids is 2. The van der Waals surface area contributed by atoms with Crippen molar-refractivity contribution in [3.8, 4) is 0 Å². The van der Waals surface area contributed by atoms with Crippen LogP contribution in [0.5, 0.6) is 0 Å². The largest absolute Gasteiger partial charge is 1.00 e. The zero-order valence-electron chi connectivity index (χ0n) is 8.91. The van der Waals surface area contributed by atoms with E-state index in [4.69, 9.17) is 0 Å².